The molecule has 0 saturated heterocycles. The molecule has 1 N–H and O–H groups in total. The van der Waals surface area contributed by atoms with Crippen LogP contribution in [0, 0.1) is 5.92 Å². The standard InChI is InChI=1S/C29H42N2/c1-10-12-27(22(5)6)24-15-17-29(7,18-16-24)26-14-13-25(19-23(11-2)21(3)4)28(20-26)31(9)30-8/h13-17,19-20,27,30H,3,5,10-12,18H2,1-2,4,6-9H3/b23-19+. The molecular formula is C29H42N2. The van der Waals surface area contributed by atoms with Crippen molar-refractivity contribution in [3.05, 3.63) is 83.0 Å². The van der Waals surface area contributed by atoms with E-state index in [2.05, 4.69) is 108 Å². The molecule has 1 aromatic rings. The molecule has 2 rings (SSSR count). The summed E-state index contributed by atoms with van der Waals surface area (Å²) in [5.41, 5.74) is 12.1. The molecule has 0 spiro atoms. The third kappa shape index (κ3) is 5.89. The molecule has 2 nitrogen and oxygen atoms in total. The third-order valence-corrected chi connectivity index (χ3v) is 6.63. The van der Waals surface area contributed by atoms with E-state index >= 15 is 0 Å². The third-order valence-electron chi connectivity index (χ3n) is 6.63. The van der Waals surface area contributed by atoms with Gasteiger partial charge in [-0.25, -0.2) is 5.43 Å². The molecule has 168 valence electrons. The lowest BCUT2D eigenvalue weighted by Crippen LogP contribution is -2.31. The number of anilines is 1. The first-order valence-electron chi connectivity index (χ1n) is 11.6. The van der Waals surface area contributed by atoms with E-state index < -0.39 is 0 Å². The van der Waals surface area contributed by atoms with Crippen LogP contribution >= 0.6 is 0 Å². The van der Waals surface area contributed by atoms with Crippen molar-refractivity contribution in [3.8, 4) is 0 Å². The first-order valence-corrected chi connectivity index (χ1v) is 11.6. The first kappa shape index (κ1) is 24.9. The number of benzene rings is 1. The van der Waals surface area contributed by atoms with Crippen LogP contribution in [0.25, 0.3) is 6.08 Å². The van der Waals surface area contributed by atoms with Crippen LogP contribution in [0.15, 0.2) is 71.9 Å². The van der Waals surface area contributed by atoms with Gasteiger partial charge in [0.1, 0.15) is 0 Å². The fourth-order valence-electron chi connectivity index (χ4n) is 4.35. The van der Waals surface area contributed by atoms with Crippen LogP contribution in [-0.4, -0.2) is 14.1 Å². The van der Waals surface area contributed by atoms with E-state index in [9.17, 15) is 0 Å². The van der Waals surface area contributed by atoms with Gasteiger partial charge in [0.15, 0.2) is 0 Å². The Kier molecular flexibility index (Phi) is 8.70. The van der Waals surface area contributed by atoms with Crippen LogP contribution in [0.1, 0.15) is 71.4 Å². The Morgan fingerprint density at radius 1 is 1.26 bits per heavy atom. The summed E-state index contributed by atoms with van der Waals surface area (Å²) in [6, 6.07) is 6.87. The van der Waals surface area contributed by atoms with E-state index in [1.54, 1.807) is 0 Å². The minimum atomic E-state index is -0.0111. The fourth-order valence-corrected chi connectivity index (χ4v) is 4.35. The van der Waals surface area contributed by atoms with Crippen molar-refractivity contribution in [2.24, 2.45) is 5.92 Å². The molecule has 0 amide bonds. The largest absolute Gasteiger partial charge is 0.311 e. The zero-order chi connectivity index (χ0) is 23.2. The molecule has 31 heavy (non-hydrogen) atoms. The Morgan fingerprint density at radius 2 is 1.97 bits per heavy atom. The predicted molar refractivity (Wildman–Crippen MR) is 139 cm³/mol. The summed E-state index contributed by atoms with van der Waals surface area (Å²) >= 11 is 0. The normalized spacial score (nSPS) is 19.7. The number of nitrogens with one attached hydrogen (secondary N) is 1. The number of rotatable bonds is 10. The highest BCUT2D eigenvalue weighted by atomic mass is 15.5. The summed E-state index contributed by atoms with van der Waals surface area (Å²) < 4.78 is 0. The second-order valence-electron chi connectivity index (χ2n) is 9.21. The van der Waals surface area contributed by atoms with Crippen LogP contribution in [0.2, 0.25) is 0 Å². The van der Waals surface area contributed by atoms with Gasteiger partial charge < -0.3 is 5.01 Å². The maximum Gasteiger partial charge on any atom is 0.0591 e. The molecule has 0 radical (unpaired) electrons. The maximum atomic E-state index is 4.24. The summed E-state index contributed by atoms with van der Waals surface area (Å²) in [4.78, 5) is 0. The second kappa shape index (κ2) is 10.8. The number of nitrogens with zero attached hydrogens (tertiary/aromatic N) is 1. The molecule has 0 heterocycles. The van der Waals surface area contributed by atoms with E-state index in [1.165, 1.54) is 46.4 Å². The fraction of sp³-hybridized carbons (Fsp3) is 0.448. The van der Waals surface area contributed by atoms with Crippen LogP contribution < -0.4 is 10.4 Å². The molecule has 2 heteroatoms. The lowest BCUT2D eigenvalue weighted by molar-refractivity contribution is 0.573. The molecule has 0 aromatic heterocycles. The minimum absolute atomic E-state index is 0.0111. The Labute approximate surface area is 191 Å². The van der Waals surface area contributed by atoms with Crippen LogP contribution in [-0.2, 0) is 5.41 Å². The Hall–Kier alpha value is -2.32. The summed E-state index contributed by atoms with van der Waals surface area (Å²) in [6.07, 6.45) is 13.8. The quantitative estimate of drug-likeness (QED) is 0.237. The first-order chi connectivity index (χ1) is 14.7. The predicted octanol–water partition coefficient (Wildman–Crippen LogP) is 7.76. The molecule has 2 atom stereocenters. The van der Waals surface area contributed by atoms with E-state index in [4.69, 9.17) is 0 Å². The lowest BCUT2D eigenvalue weighted by atomic mass is 9.73. The monoisotopic (exact) mass is 418 g/mol. The highest BCUT2D eigenvalue weighted by Crippen LogP contribution is 2.39. The van der Waals surface area contributed by atoms with Gasteiger partial charge in [-0.1, -0.05) is 81.9 Å². The highest BCUT2D eigenvalue weighted by Gasteiger charge is 2.27. The number of hydrogen-bond donors (Lipinski definition) is 1. The van der Waals surface area contributed by atoms with Crippen molar-refractivity contribution >= 4 is 11.8 Å². The maximum absolute atomic E-state index is 4.24. The summed E-state index contributed by atoms with van der Waals surface area (Å²) in [6.45, 7) is 19.4. The van der Waals surface area contributed by atoms with Crippen molar-refractivity contribution in [2.75, 3.05) is 19.1 Å². The van der Waals surface area contributed by atoms with Crippen molar-refractivity contribution in [1.29, 1.82) is 0 Å². The van der Waals surface area contributed by atoms with Gasteiger partial charge in [-0.15, -0.1) is 0 Å². The van der Waals surface area contributed by atoms with Crippen LogP contribution in [0.3, 0.4) is 0 Å². The molecule has 0 fully saturated rings. The number of hydrogen-bond acceptors (Lipinski definition) is 2. The Balaban J connectivity index is 2.42. The second-order valence-corrected chi connectivity index (χ2v) is 9.21. The van der Waals surface area contributed by atoms with Crippen LogP contribution in [0.4, 0.5) is 5.69 Å². The molecule has 0 aliphatic heterocycles. The average molecular weight is 419 g/mol. The molecule has 0 bridgehead atoms. The minimum Gasteiger partial charge on any atom is -0.311 e. The van der Waals surface area contributed by atoms with E-state index in [1.807, 2.05) is 7.05 Å². The van der Waals surface area contributed by atoms with Gasteiger partial charge in [-0.2, -0.15) is 0 Å². The molecular weight excluding hydrogens is 376 g/mol. The molecule has 1 aliphatic rings. The van der Waals surface area contributed by atoms with Crippen molar-refractivity contribution in [2.45, 2.75) is 65.7 Å². The average Bonchev–Trinajstić information content (AvgIpc) is 2.75. The van der Waals surface area contributed by atoms with Crippen LogP contribution in [0.5, 0.6) is 0 Å². The smallest absolute Gasteiger partial charge is 0.0591 e. The van der Waals surface area contributed by atoms with Gasteiger partial charge in [0.2, 0.25) is 0 Å². The molecule has 0 saturated carbocycles. The Morgan fingerprint density at radius 3 is 2.45 bits per heavy atom. The molecule has 1 aromatic carbocycles. The zero-order valence-electron chi connectivity index (χ0n) is 20.8. The SMILES string of the molecule is C=C(C)/C(=C/c1ccc(C2(C)C=CC(C(CCC)C(=C)C)=CC2)cc1N(C)NC)CC. The zero-order valence-corrected chi connectivity index (χ0v) is 20.8. The van der Waals surface area contributed by atoms with E-state index in [0.717, 1.165) is 18.4 Å². The lowest BCUT2D eigenvalue weighted by Gasteiger charge is -2.32. The number of allylic oxidation sites excluding steroid dienone is 7. The van der Waals surface area contributed by atoms with Gasteiger partial charge in [-0.05, 0) is 67.5 Å². The highest BCUT2D eigenvalue weighted by molar-refractivity contribution is 5.72. The van der Waals surface area contributed by atoms with E-state index in [-0.39, 0.29) is 5.41 Å². The van der Waals surface area contributed by atoms with Gasteiger partial charge in [0.05, 0.1) is 5.69 Å². The summed E-state index contributed by atoms with van der Waals surface area (Å²) in [5, 5.41) is 2.09. The van der Waals surface area contributed by atoms with Gasteiger partial charge in [-0.3, -0.25) is 0 Å². The van der Waals surface area contributed by atoms with Gasteiger partial charge >= 0.3 is 0 Å². The van der Waals surface area contributed by atoms with Gasteiger partial charge in [0.25, 0.3) is 0 Å². The topological polar surface area (TPSA) is 15.3 Å². The Bertz CT molecular complexity index is 899. The summed E-state index contributed by atoms with van der Waals surface area (Å²) in [5.74, 6) is 0.471. The van der Waals surface area contributed by atoms with Crippen molar-refractivity contribution in [3.63, 3.8) is 0 Å². The van der Waals surface area contributed by atoms with Gasteiger partial charge in [0, 0.05) is 25.4 Å². The summed E-state index contributed by atoms with van der Waals surface area (Å²) in [7, 11) is 4.03. The molecule has 2 unspecified atom stereocenters. The van der Waals surface area contributed by atoms with Crippen molar-refractivity contribution in [1.82, 2.24) is 5.43 Å². The number of hydrazine groups is 1. The van der Waals surface area contributed by atoms with Crippen molar-refractivity contribution < 1.29 is 0 Å². The molecule has 1 aliphatic carbocycles. The van der Waals surface area contributed by atoms with E-state index in [0.29, 0.717) is 5.92 Å².